The SMILES string of the molecule is COc1cc(F)c(-c2cnoc2N)c(F)c1Cl. The molecule has 0 amide bonds. The van der Waals surface area contributed by atoms with Crippen LogP contribution in [0.3, 0.4) is 0 Å². The highest BCUT2D eigenvalue weighted by Gasteiger charge is 2.22. The first kappa shape index (κ1) is 11.7. The molecule has 1 aromatic heterocycles. The zero-order valence-electron chi connectivity index (χ0n) is 8.63. The molecule has 0 saturated heterocycles. The Morgan fingerprint density at radius 2 is 2.18 bits per heavy atom. The summed E-state index contributed by atoms with van der Waals surface area (Å²) in [6, 6.07) is 0.965. The van der Waals surface area contributed by atoms with E-state index >= 15 is 0 Å². The summed E-state index contributed by atoms with van der Waals surface area (Å²) < 4.78 is 36.9. The van der Waals surface area contributed by atoms with Gasteiger partial charge in [0.05, 0.1) is 24.4 Å². The number of halogens is 3. The highest BCUT2D eigenvalue weighted by atomic mass is 35.5. The lowest BCUT2D eigenvalue weighted by atomic mass is 10.1. The molecule has 0 saturated carbocycles. The fourth-order valence-electron chi connectivity index (χ4n) is 1.41. The molecule has 2 N–H and O–H groups in total. The molecule has 0 atom stereocenters. The predicted molar refractivity (Wildman–Crippen MR) is 57.8 cm³/mol. The third kappa shape index (κ3) is 1.80. The molecule has 2 rings (SSSR count). The van der Waals surface area contributed by atoms with E-state index in [0.29, 0.717) is 0 Å². The number of nitrogens with zero attached hydrogens (tertiary/aromatic N) is 1. The van der Waals surface area contributed by atoms with Crippen LogP contribution in [0.4, 0.5) is 14.7 Å². The van der Waals surface area contributed by atoms with E-state index in [0.717, 1.165) is 12.3 Å². The van der Waals surface area contributed by atoms with Gasteiger partial charge in [0.2, 0.25) is 5.88 Å². The van der Waals surface area contributed by atoms with Gasteiger partial charge < -0.3 is 15.0 Å². The Labute approximate surface area is 99.9 Å². The van der Waals surface area contributed by atoms with Gasteiger partial charge in [0.15, 0.2) is 5.82 Å². The van der Waals surface area contributed by atoms with Gasteiger partial charge in [-0.25, -0.2) is 8.78 Å². The summed E-state index contributed by atoms with van der Waals surface area (Å²) in [5.74, 6) is -2.12. The minimum absolute atomic E-state index is 0.00422. The summed E-state index contributed by atoms with van der Waals surface area (Å²) in [6.07, 6.45) is 1.11. The lowest BCUT2D eigenvalue weighted by molar-refractivity contribution is 0.407. The van der Waals surface area contributed by atoms with Gasteiger partial charge in [-0.1, -0.05) is 16.8 Å². The maximum Gasteiger partial charge on any atom is 0.230 e. The second-order valence-electron chi connectivity index (χ2n) is 3.17. The van der Waals surface area contributed by atoms with Gasteiger partial charge in [-0.2, -0.15) is 0 Å². The van der Waals surface area contributed by atoms with Crippen molar-refractivity contribution < 1.29 is 18.0 Å². The molecule has 4 nitrogen and oxygen atoms in total. The van der Waals surface area contributed by atoms with E-state index in [9.17, 15) is 8.78 Å². The third-order valence-electron chi connectivity index (χ3n) is 2.21. The summed E-state index contributed by atoms with van der Waals surface area (Å²) in [4.78, 5) is 0. The number of ether oxygens (including phenoxy) is 1. The summed E-state index contributed by atoms with van der Waals surface area (Å²) in [7, 11) is 1.26. The fourth-order valence-corrected chi connectivity index (χ4v) is 1.63. The Balaban J connectivity index is 2.72. The van der Waals surface area contributed by atoms with E-state index in [2.05, 4.69) is 9.68 Å². The highest BCUT2D eigenvalue weighted by molar-refractivity contribution is 6.32. The zero-order chi connectivity index (χ0) is 12.6. The second kappa shape index (κ2) is 4.21. The van der Waals surface area contributed by atoms with Crippen LogP contribution in [0, 0.1) is 11.6 Å². The second-order valence-corrected chi connectivity index (χ2v) is 3.55. The lowest BCUT2D eigenvalue weighted by Gasteiger charge is -2.08. The summed E-state index contributed by atoms with van der Waals surface area (Å²) in [6.45, 7) is 0. The van der Waals surface area contributed by atoms with Crippen molar-refractivity contribution in [3.63, 3.8) is 0 Å². The Hall–Kier alpha value is -1.82. The van der Waals surface area contributed by atoms with E-state index in [-0.39, 0.29) is 22.2 Å². The number of rotatable bonds is 2. The van der Waals surface area contributed by atoms with Gasteiger partial charge in [-0.3, -0.25) is 0 Å². The standard InChI is InChI=1S/C10H7ClF2N2O2/c1-16-6-2-5(12)7(9(13)8(6)11)4-3-15-17-10(4)14/h2-3H,14H2,1H3. The molecule has 0 aliphatic heterocycles. The molecule has 0 unspecified atom stereocenters. The molecule has 0 spiro atoms. The smallest absolute Gasteiger partial charge is 0.230 e. The molecule has 0 aliphatic rings. The van der Waals surface area contributed by atoms with Crippen molar-refractivity contribution in [2.75, 3.05) is 12.8 Å². The van der Waals surface area contributed by atoms with Crippen molar-refractivity contribution in [1.29, 1.82) is 0 Å². The first-order valence-corrected chi connectivity index (χ1v) is 4.86. The van der Waals surface area contributed by atoms with Crippen LogP contribution < -0.4 is 10.5 Å². The molecule has 0 bridgehead atoms. The number of benzene rings is 1. The average Bonchev–Trinajstić information content (AvgIpc) is 2.70. The monoisotopic (exact) mass is 260 g/mol. The van der Waals surface area contributed by atoms with Crippen molar-refractivity contribution in [3.05, 3.63) is 28.9 Å². The van der Waals surface area contributed by atoms with E-state index in [1.807, 2.05) is 0 Å². The number of hydrogen-bond donors (Lipinski definition) is 1. The Morgan fingerprint density at radius 1 is 1.47 bits per heavy atom. The van der Waals surface area contributed by atoms with Crippen LogP contribution in [-0.2, 0) is 0 Å². The predicted octanol–water partition coefficient (Wildman–Crippen LogP) is 2.86. The Bertz CT molecular complexity index is 572. The quantitative estimate of drug-likeness (QED) is 0.844. The first-order valence-electron chi connectivity index (χ1n) is 4.48. The molecule has 7 heteroatoms. The highest BCUT2D eigenvalue weighted by Crippen LogP contribution is 2.38. The van der Waals surface area contributed by atoms with E-state index in [4.69, 9.17) is 22.1 Å². The van der Waals surface area contributed by atoms with Gasteiger partial charge in [0.1, 0.15) is 16.6 Å². The number of methoxy groups -OCH3 is 1. The zero-order valence-corrected chi connectivity index (χ0v) is 9.39. The van der Waals surface area contributed by atoms with Crippen LogP contribution in [0.2, 0.25) is 5.02 Å². The largest absolute Gasteiger partial charge is 0.495 e. The van der Waals surface area contributed by atoms with Gasteiger partial charge in [-0.15, -0.1) is 0 Å². The first-order chi connectivity index (χ1) is 8.06. The molecule has 2 aromatic rings. The van der Waals surface area contributed by atoms with E-state index < -0.39 is 17.2 Å². The van der Waals surface area contributed by atoms with Gasteiger partial charge in [0.25, 0.3) is 0 Å². The van der Waals surface area contributed by atoms with Crippen molar-refractivity contribution in [2.45, 2.75) is 0 Å². The minimum atomic E-state index is -0.974. The van der Waals surface area contributed by atoms with Crippen LogP contribution in [0.5, 0.6) is 5.75 Å². The molecule has 1 aromatic carbocycles. The third-order valence-corrected chi connectivity index (χ3v) is 2.56. The number of nitrogen functional groups attached to an aromatic ring is 1. The summed E-state index contributed by atoms with van der Waals surface area (Å²) in [5, 5.41) is 3.02. The molecular formula is C10H7ClF2N2O2. The molecule has 0 fully saturated rings. The molecule has 90 valence electrons. The topological polar surface area (TPSA) is 61.3 Å². The van der Waals surface area contributed by atoms with Gasteiger partial charge in [0, 0.05) is 6.07 Å². The van der Waals surface area contributed by atoms with Gasteiger partial charge in [-0.05, 0) is 0 Å². The van der Waals surface area contributed by atoms with E-state index in [1.54, 1.807) is 0 Å². The number of hydrogen-bond acceptors (Lipinski definition) is 4. The Morgan fingerprint density at radius 3 is 2.71 bits per heavy atom. The number of aromatic nitrogens is 1. The van der Waals surface area contributed by atoms with Crippen LogP contribution in [-0.4, -0.2) is 12.3 Å². The average molecular weight is 261 g/mol. The van der Waals surface area contributed by atoms with Crippen molar-refractivity contribution in [2.24, 2.45) is 0 Å². The van der Waals surface area contributed by atoms with Gasteiger partial charge >= 0.3 is 0 Å². The lowest BCUT2D eigenvalue weighted by Crippen LogP contribution is -1.96. The summed E-state index contributed by atoms with van der Waals surface area (Å²) >= 11 is 5.68. The van der Waals surface area contributed by atoms with Crippen LogP contribution in [0.1, 0.15) is 0 Å². The maximum atomic E-state index is 13.9. The molecule has 0 radical (unpaired) electrons. The van der Waals surface area contributed by atoms with Crippen LogP contribution >= 0.6 is 11.6 Å². The number of anilines is 1. The fraction of sp³-hybridized carbons (Fsp3) is 0.100. The Kier molecular flexibility index (Phi) is 2.89. The normalized spacial score (nSPS) is 10.6. The van der Waals surface area contributed by atoms with Crippen LogP contribution in [0.15, 0.2) is 16.8 Å². The summed E-state index contributed by atoms with van der Waals surface area (Å²) in [5.41, 5.74) is 5.00. The molecule has 17 heavy (non-hydrogen) atoms. The minimum Gasteiger partial charge on any atom is -0.495 e. The maximum absolute atomic E-state index is 13.9. The number of nitrogens with two attached hydrogens (primary N) is 1. The molecular weight excluding hydrogens is 254 g/mol. The van der Waals surface area contributed by atoms with Crippen LogP contribution in [0.25, 0.3) is 11.1 Å². The van der Waals surface area contributed by atoms with Crippen molar-refractivity contribution >= 4 is 17.5 Å². The van der Waals surface area contributed by atoms with Crippen molar-refractivity contribution in [1.82, 2.24) is 5.16 Å². The molecule has 1 heterocycles. The van der Waals surface area contributed by atoms with E-state index in [1.165, 1.54) is 7.11 Å². The van der Waals surface area contributed by atoms with Crippen molar-refractivity contribution in [3.8, 4) is 16.9 Å². The molecule has 0 aliphatic carbocycles.